The number of aromatic carboxylic acids is 1. The maximum absolute atomic E-state index is 12.5. The van der Waals surface area contributed by atoms with Gasteiger partial charge in [-0.1, -0.05) is 77.9 Å². The van der Waals surface area contributed by atoms with Gasteiger partial charge in [-0.15, -0.1) is 0 Å². The Morgan fingerprint density at radius 2 is 0.912 bits per heavy atom. The number of carboxylic acids is 1. The van der Waals surface area contributed by atoms with E-state index in [4.69, 9.17) is 9.47 Å². The molecule has 0 fully saturated rings. The lowest BCUT2D eigenvalue weighted by Gasteiger charge is -2.11. The van der Waals surface area contributed by atoms with Crippen LogP contribution >= 0.6 is 0 Å². The number of hydrogen-bond donors (Lipinski definition) is 2. The van der Waals surface area contributed by atoms with Gasteiger partial charge in [-0.05, 0) is 36.4 Å². The smallest absolute Gasteiger partial charge is 0.347 e. The van der Waals surface area contributed by atoms with Crippen molar-refractivity contribution in [1.29, 1.82) is 0 Å². The zero-order valence-corrected chi connectivity index (χ0v) is 20.4. The molecule has 0 aliphatic heterocycles. The summed E-state index contributed by atoms with van der Waals surface area (Å²) in [5.41, 5.74) is -0.326. The van der Waals surface area contributed by atoms with Crippen molar-refractivity contribution in [2.75, 3.05) is 0 Å². The van der Waals surface area contributed by atoms with E-state index in [1.807, 2.05) is 41.5 Å². The van der Waals surface area contributed by atoms with E-state index in [1.165, 1.54) is 54.6 Å². The van der Waals surface area contributed by atoms with E-state index < -0.39 is 17.9 Å². The number of aromatic hydroxyl groups is 1. The average Bonchev–Trinajstić information content (AvgIpc) is 2.88. The molecule has 0 amide bonds. The molecule has 7 nitrogen and oxygen atoms in total. The maximum Gasteiger partial charge on any atom is 0.347 e. The van der Waals surface area contributed by atoms with Crippen LogP contribution in [0.15, 0.2) is 72.8 Å². The molecule has 3 aromatic carbocycles. The zero-order chi connectivity index (χ0) is 26.1. The second-order valence-electron chi connectivity index (χ2n) is 5.59. The molecule has 7 heteroatoms. The molecular weight excluding hydrogens is 436 g/mol. The number of rotatable bonds is 5. The number of phenols is 1. The number of phenolic OH excluding ortho intramolecular Hbond substituents is 1. The van der Waals surface area contributed by atoms with Crippen LogP contribution in [0.2, 0.25) is 0 Å². The van der Waals surface area contributed by atoms with Crippen LogP contribution < -0.4 is 9.47 Å². The third-order valence-electron chi connectivity index (χ3n) is 3.75. The summed E-state index contributed by atoms with van der Waals surface area (Å²) in [6.45, 7) is 12.0. The highest BCUT2D eigenvalue weighted by Crippen LogP contribution is 2.25. The minimum atomic E-state index is -1.25. The van der Waals surface area contributed by atoms with Gasteiger partial charge in [0.15, 0.2) is 0 Å². The molecule has 0 aromatic heterocycles. The number of esters is 2. The highest BCUT2D eigenvalue weighted by atomic mass is 16.6. The Morgan fingerprint density at radius 1 is 0.559 bits per heavy atom. The monoisotopic (exact) mass is 468 g/mol. The van der Waals surface area contributed by atoms with Crippen LogP contribution in [0.5, 0.6) is 17.2 Å². The van der Waals surface area contributed by atoms with Crippen molar-refractivity contribution in [2.45, 2.75) is 41.5 Å². The molecular formula is C27H32O7. The van der Waals surface area contributed by atoms with Crippen LogP contribution in [-0.4, -0.2) is 28.1 Å². The van der Waals surface area contributed by atoms with Gasteiger partial charge in [-0.25, -0.2) is 14.4 Å². The van der Waals surface area contributed by atoms with Crippen LogP contribution in [0.4, 0.5) is 0 Å². The van der Waals surface area contributed by atoms with Crippen molar-refractivity contribution in [3.8, 4) is 17.2 Å². The quantitative estimate of drug-likeness (QED) is 0.320. The van der Waals surface area contributed by atoms with Gasteiger partial charge in [0.1, 0.15) is 33.9 Å². The summed E-state index contributed by atoms with van der Waals surface area (Å²) in [5.74, 6) is -3.49. The average molecular weight is 469 g/mol. The van der Waals surface area contributed by atoms with Crippen molar-refractivity contribution in [3.63, 3.8) is 0 Å². The summed E-state index contributed by atoms with van der Waals surface area (Å²) in [6, 6.07) is 17.3. The molecule has 0 aliphatic carbocycles. The van der Waals surface area contributed by atoms with Gasteiger partial charge < -0.3 is 19.7 Å². The third kappa shape index (κ3) is 8.43. The lowest BCUT2D eigenvalue weighted by atomic mass is 10.1. The SMILES string of the molecule is CC.CC.CC.O=C(Oc1ccccc1C(=O)Oc1ccccc1C(=O)O)c1ccccc1O. The molecule has 182 valence electrons. The first-order valence-corrected chi connectivity index (χ1v) is 11.1. The molecule has 0 spiro atoms. The Balaban J connectivity index is 0.00000168. The first-order chi connectivity index (χ1) is 16.5. The van der Waals surface area contributed by atoms with Crippen LogP contribution in [-0.2, 0) is 0 Å². The molecule has 0 aliphatic rings. The number of para-hydroxylation sites is 3. The normalized spacial score (nSPS) is 8.88. The Bertz CT molecular complexity index is 1060. The molecule has 0 radical (unpaired) electrons. The second kappa shape index (κ2) is 16.5. The number of carboxylic acid groups (broad SMARTS) is 1. The van der Waals surface area contributed by atoms with Crippen molar-refractivity contribution in [1.82, 2.24) is 0 Å². The summed E-state index contributed by atoms with van der Waals surface area (Å²) in [5, 5.41) is 19.0. The molecule has 0 unspecified atom stereocenters. The van der Waals surface area contributed by atoms with Gasteiger partial charge in [-0.3, -0.25) is 0 Å². The van der Waals surface area contributed by atoms with Gasteiger partial charge in [-0.2, -0.15) is 0 Å². The number of benzene rings is 3. The third-order valence-corrected chi connectivity index (χ3v) is 3.75. The highest BCUT2D eigenvalue weighted by molar-refractivity contribution is 5.99. The Kier molecular flexibility index (Phi) is 14.5. The molecule has 34 heavy (non-hydrogen) atoms. The molecule has 0 atom stereocenters. The van der Waals surface area contributed by atoms with E-state index in [0.29, 0.717) is 0 Å². The number of ether oxygens (including phenoxy) is 2. The molecule has 3 aromatic rings. The van der Waals surface area contributed by atoms with Gasteiger partial charge in [0.25, 0.3) is 0 Å². The molecule has 3 rings (SSSR count). The molecule has 0 bridgehead atoms. The Labute approximate surface area is 200 Å². The summed E-state index contributed by atoms with van der Waals surface area (Å²) >= 11 is 0. The number of carbonyl (C=O) groups excluding carboxylic acids is 2. The molecule has 0 saturated carbocycles. The Hall–Kier alpha value is -4.13. The topological polar surface area (TPSA) is 110 Å². The van der Waals surface area contributed by atoms with E-state index in [0.717, 1.165) is 0 Å². The van der Waals surface area contributed by atoms with E-state index >= 15 is 0 Å². The minimum absolute atomic E-state index is 0.0677. The van der Waals surface area contributed by atoms with E-state index in [9.17, 15) is 24.6 Å². The van der Waals surface area contributed by atoms with Crippen LogP contribution in [0.1, 0.15) is 72.6 Å². The van der Waals surface area contributed by atoms with Crippen molar-refractivity contribution in [3.05, 3.63) is 89.5 Å². The summed E-state index contributed by atoms with van der Waals surface area (Å²) in [6.07, 6.45) is 0. The standard InChI is InChI=1S/C21H14O7.3C2H6/c22-16-10-4-1-7-13(16)20(25)28-18-12-6-3-9-15(18)21(26)27-17-11-5-2-8-14(17)19(23)24;3*1-2/h1-12,22H,(H,23,24);3*1-2H3. The predicted octanol–water partition coefficient (Wildman–Crippen LogP) is 6.61. The van der Waals surface area contributed by atoms with Crippen molar-refractivity contribution >= 4 is 17.9 Å². The first kappa shape index (κ1) is 29.9. The maximum atomic E-state index is 12.5. The van der Waals surface area contributed by atoms with Gasteiger partial charge >= 0.3 is 17.9 Å². The van der Waals surface area contributed by atoms with E-state index in [2.05, 4.69) is 0 Å². The van der Waals surface area contributed by atoms with E-state index in [1.54, 1.807) is 18.2 Å². The predicted molar refractivity (Wildman–Crippen MR) is 132 cm³/mol. The van der Waals surface area contributed by atoms with Crippen molar-refractivity contribution < 1.29 is 34.1 Å². The zero-order valence-electron chi connectivity index (χ0n) is 20.4. The van der Waals surface area contributed by atoms with Gasteiger partial charge in [0, 0.05) is 0 Å². The van der Waals surface area contributed by atoms with Gasteiger partial charge in [0.2, 0.25) is 0 Å². The highest BCUT2D eigenvalue weighted by Gasteiger charge is 2.21. The van der Waals surface area contributed by atoms with Crippen LogP contribution in [0.25, 0.3) is 0 Å². The molecule has 2 N–H and O–H groups in total. The number of carbonyl (C=O) groups is 3. The fourth-order valence-electron chi connectivity index (χ4n) is 2.41. The minimum Gasteiger partial charge on any atom is -0.507 e. The number of hydrogen-bond acceptors (Lipinski definition) is 6. The van der Waals surface area contributed by atoms with Crippen LogP contribution in [0, 0.1) is 0 Å². The van der Waals surface area contributed by atoms with Crippen LogP contribution in [0.3, 0.4) is 0 Å². The molecule has 0 heterocycles. The second-order valence-corrected chi connectivity index (χ2v) is 5.59. The molecule has 0 saturated heterocycles. The van der Waals surface area contributed by atoms with Gasteiger partial charge in [0.05, 0.1) is 0 Å². The lowest BCUT2D eigenvalue weighted by Crippen LogP contribution is -2.15. The summed E-state index contributed by atoms with van der Waals surface area (Å²) < 4.78 is 10.4. The van der Waals surface area contributed by atoms with E-state index in [-0.39, 0.29) is 33.9 Å². The Morgan fingerprint density at radius 3 is 1.38 bits per heavy atom. The first-order valence-electron chi connectivity index (χ1n) is 11.1. The summed E-state index contributed by atoms with van der Waals surface area (Å²) in [4.78, 5) is 36.1. The lowest BCUT2D eigenvalue weighted by molar-refractivity contribution is 0.0681. The fraction of sp³-hybridized carbons (Fsp3) is 0.222. The summed E-state index contributed by atoms with van der Waals surface area (Å²) in [7, 11) is 0. The van der Waals surface area contributed by atoms with Crippen molar-refractivity contribution in [2.24, 2.45) is 0 Å². The fourth-order valence-corrected chi connectivity index (χ4v) is 2.41. The largest absolute Gasteiger partial charge is 0.507 e.